The Labute approximate surface area is 152 Å². The molecular formula is C18H25N5O3. The summed E-state index contributed by atoms with van der Waals surface area (Å²) in [4.78, 5) is 26.4. The van der Waals surface area contributed by atoms with Crippen molar-refractivity contribution in [3.05, 3.63) is 42.6 Å². The van der Waals surface area contributed by atoms with Gasteiger partial charge in [0.2, 0.25) is 5.91 Å². The minimum Gasteiger partial charge on any atom is -0.467 e. The summed E-state index contributed by atoms with van der Waals surface area (Å²) in [6.07, 6.45) is 6.52. The van der Waals surface area contributed by atoms with Crippen LogP contribution in [0.1, 0.15) is 25.5 Å². The summed E-state index contributed by atoms with van der Waals surface area (Å²) in [5.74, 6) is 0.699. The first-order chi connectivity index (χ1) is 12.6. The first-order valence-corrected chi connectivity index (χ1v) is 8.95. The Hall–Kier alpha value is -2.77. The number of nitrogens with one attached hydrogen (secondary N) is 2. The molecule has 8 heteroatoms. The number of nitrogens with zero attached hydrogens (tertiary/aromatic N) is 3. The topological polar surface area (TPSA) is 92.4 Å². The lowest BCUT2D eigenvalue weighted by Gasteiger charge is -2.32. The molecular weight excluding hydrogens is 334 g/mol. The van der Waals surface area contributed by atoms with E-state index in [-0.39, 0.29) is 23.9 Å². The monoisotopic (exact) mass is 359 g/mol. The van der Waals surface area contributed by atoms with Crippen molar-refractivity contribution in [2.45, 2.75) is 38.9 Å². The molecule has 0 aliphatic carbocycles. The molecule has 3 rings (SSSR count). The highest BCUT2D eigenvalue weighted by atomic mass is 16.3. The summed E-state index contributed by atoms with van der Waals surface area (Å²) < 4.78 is 7.00. The number of furan rings is 1. The van der Waals surface area contributed by atoms with E-state index in [4.69, 9.17) is 4.42 Å². The van der Waals surface area contributed by atoms with Crippen molar-refractivity contribution in [3.63, 3.8) is 0 Å². The molecule has 0 bridgehead atoms. The van der Waals surface area contributed by atoms with Crippen LogP contribution >= 0.6 is 0 Å². The maximum atomic E-state index is 12.4. The van der Waals surface area contributed by atoms with E-state index in [0.29, 0.717) is 39.0 Å². The van der Waals surface area contributed by atoms with E-state index < -0.39 is 0 Å². The van der Waals surface area contributed by atoms with Gasteiger partial charge >= 0.3 is 6.03 Å². The van der Waals surface area contributed by atoms with Gasteiger partial charge in [0.05, 0.1) is 19.4 Å². The van der Waals surface area contributed by atoms with Crippen LogP contribution in [0.4, 0.5) is 4.79 Å². The smallest absolute Gasteiger partial charge is 0.317 e. The van der Waals surface area contributed by atoms with Crippen molar-refractivity contribution in [1.29, 1.82) is 0 Å². The van der Waals surface area contributed by atoms with Gasteiger partial charge in [-0.15, -0.1) is 0 Å². The third kappa shape index (κ3) is 4.87. The summed E-state index contributed by atoms with van der Waals surface area (Å²) in [6.45, 7) is 4.15. The van der Waals surface area contributed by atoms with Crippen molar-refractivity contribution in [1.82, 2.24) is 25.3 Å². The largest absolute Gasteiger partial charge is 0.467 e. The molecule has 0 unspecified atom stereocenters. The Morgan fingerprint density at radius 3 is 2.81 bits per heavy atom. The molecule has 26 heavy (non-hydrogen) atoms. The van der Waals surface area contributed by atoms with Crippen LogP contribution in [-0.4, -0.2) is 45.8 Å². The quantitative estimate of drug-likeness (QED) is 0.819. The van der Waals surface area contributed by atoms with Crippen molar-refractivity contribution < 1.29 is 14.0 Å². The molecule has 3 heterocycles. The SMILES string of the molecule is C[C@H](Cn1cccn1)NC(=O)N1CCC(C(=O)NCc2ccco2)CC1. The van der Waals surface area contributed by atoms with E-state index in [9.17, 15) is 9.59 Å². The minimum absolute atomic E-state index is 0.0169. The average Bonchev–Trinajstić information content (AvgIpc) is 3.33. The standard InChI is InChI=1S/C18H25N5O3/c1-14(13-23-8-3-7-20-23)21-18(25)22-9-5-15(6-10-22)17(24)19-12-16-4-2-11-26-16/h2-4,7-8,11,14-15H,5-6,9-10,12-13H2,1H3,(H,19,24)(H,21,25)/t14-/m1/s1. The van der Waals surface area contributed by atoms with Crippen LogP contribution in [0, 0.1) is 5.92 Å². The minimum atomic E-state index is -0.0842. The van der Waals surface area contributed by atoms with Gasteiger partial charge in [-0.3, -0.25) is 9.48 Å². The first kappa shape index (κ1) is 18.0. The lowest BCUT2D eigenvalue weighted by atomic mass is 9.96. The van der Waals surface area contributed by atoms with E-state index in [1.54, 1.807) is 28.1 Å². The highest BCUT2D eigenvalue weighted by Gasteiger charge is 2.27. The zero-order valence-electron chi connectivity index (χ0n) is 14.9. The highest BCUT2D eigenvalue weighted by Crippen LogP contribution is 2.17. The zero-order valence-corrected chi connectivity index (χ0v) is 14.9. The van der Waals surface area contributed by atoms with E-state index in [1.165, 1.54) is 0 Å². The third-order valence-electron chi connectivity index (χ3n) is 4.56. The van der Waals surface area contributed by atoms with Gasteiger partial charge in [-0.05, 0) is 38.0 Å². The van der Waals surface area contributed by atoms with E-state index >= 15 is 0 Å². The molecule has 0 aromatic carbocycles. The van der Waals surface area contributed by atoms with Crippen molar-refractivity contribution >= 4 is 11.9 Å². The van der Waals surface area contributed by atoms with Crippen LogP contribution < -0.4 is 10.6 Å². The first-order valence-electron chi connectivity index (χ1n) is 8.95. The van der Waals surface area contributed by atoms with Crippen LogP contribution in [0.3, 0.4) is 0 Å². The number of hydrogen-bond acceptors (Lipinski definition) is 4. The fourth-order valence-corrected chi connectivity index (χ4v) is 3.11. The normalized spacial score (nSPS) is 16.3. The number of hydrogen-bond donors (Lipinski definition) is 2. The van der Waals surface area contributed by atoms with Gasteiger partial charge in [0, 0.05) is 37.4 Å². The zero-order chi connectivity index (χ0) is 18.4. The van der Waals surface area contributed by atoms with Gasteiger partial charge in [-0.25, -0.2) is 4.79 Å². The van der Waals surface area contributed by atoms with Gasteiger partial charge in [0.15, 0.2) is 0 Å². The molecule has 2 aromatic rings. The number of likely N-dealkylation sites (tertiary alicyclic amines) is 1. The second-order valence-electron chi connectivity index (χ2n) is 6.64. The Kier molecular flexibility index (Phi) is 5.93. The van der Waals surface area contributed by atoms with Crippen LogP contribution in [0.25, 0.3) is 0 Å². The summed E-state index contributed by atoms with van der Waals surface area (Å²) in [6, 6.07) is 5.38. The molecule has 2 N–H and O–H groups in total. The van der Waals surface area contributed by atoms with Crippen LogP contribution in [0.15, 0.2) is 41.3 Å². The molecule has 0 radical (unpaired) electrons. The van der Waals surface area contributed by atoms with Crippen molar-refractivity contribution in [2.75, 3.05) is 13.1 Å². The Balaban J connectivity index is 1.38. The number of amides is 3. The number of rotatable bonds is 6. The molecule has 0 saturated carbocycles. The predicted octanol–water partition coefficient (Wildman–Crippen LogP) is 1.60. The van der Waals surface area contributed by atoms with Gasteiger partial charge in [-0.2, -0.15) is 5.10 Å². The molecule has 0 spiro atoms. The molecule has 1 aliphatic rings. The molecule has 8 nitrogen and oxygen atoms in total. The third-order valence-corrected chi connectivity index (χ3v) is 4.56. The summed E-state index contributed by atoms with van der Waals surface area (Å²) >= 11 is 0. The molecule has 1 aliphatic heterocycles. The second kappa shape index (κ2) is 8.55. The van der Waals surface area contributed by atoms with Crippen molar-refractivity contribution in [2.24, 2.45) is 5.92 Å². The lowest BCUT2D eigenvalue weighted by molar-refractivity contribution is -0.126. The van der Waals surface area contributed by atoms with Crippen LogP contribution in [0.2, 0.25) is 0 Å². The Morgan fingerprint density at radius 2 is 2.15 bits per heavy atom. The van der Waals surface area contributed by atoms with Crippen molar-refractivity contribution in [3.8, 4) is 0 Å². The van der Waals surface area contributed by atoms with Crippen LogP contribution in [0.5, 0.6) is 0 Å². The molecule has 1 fully saturated rings. The molecule has 140 valence electrons. The highest BCUT2D eigenvalue weighted by molar-refractivity contribution is 5.79. The van der Waals surface area contributed by atoms with E-state index in [0.717, 1.165) is 5.76 Å². The van der Waals surface area contributed by atoms with Gasteiger partial charge < -0.3 is 20.0 Å². The lowest BCUT2D eigenvalue weighted by Crippen LogP contribution is -2.49. The number of urea groups is 1. The Bertz CT molecular complexity index is 690. The molecule has 1 saturated heterocycles. The number of carbonyl (C=O) groups excluding carboxylic acids is 2. The average molecular weight is 359 g/mol. The van der Waals surface area contributed by atoms with Gasteiger partial charge in [0.25, 0.3) is 0 Å². The van der Waals surface area contributed by atoms with E-state index in [1.807, 2.05) is 25.3 Å². The van der Waals surface area contributed by atoms with Gasteiger partial charge in [-0.1, -0.05) is 0 Å². The number of aromatic nitrogens is 2. The fraction of sp³-hybridized carbons (Fsp3) is 0.500. The molecule has 1 atom stereocenters. The predicted molar refractivity (Wildman–Crippen MR) is 95.1 cm³/mol. The summed E-state index contributed by atoms with van der Waals surface area (Å²) in [5.41, 5.74) is 0. The maximum Gasteiger partial charge on any atom is 0.317 e. The fourth-order valence-electron chi connectivity index (χ4n) is 3.11. The van der Waals surface area contributed by atoms with Crippen LogP contribution in [-0.2, 0) is 17.9 Å². The summed E-state index contributed by atoms with van der Waals surface area (Å²) in [7, 11) is 0. The molecule has 3 amide bonds. The number of piperidine rings is 1. The maximum absolute atomic E-state index is 12.4. The second-order valence-corrected chi connectivity index (χ2v) is 6.64. The Morgan fingerprint density at radius 1 is 1.35 bits per heavy atom. The number of carbonyl (C=O) groups is 2. The summed E-state index contributed by atoms with van der Waals surface area (Å²) in [5, 5.41) is 10.0. The molecule has 2 aromatic heterocycles. The van der Waals surface area contributed by atoms with Gasteiger partial charge in [0.1, 0.15) is 5.76 Å². The van der Waals surface area contributed by atoms with E-state index in [2.05, 4.69) is 15.7 Å².